The number of benzene rings is 4. The van der Waals surface area contributed by atoms with Crippen LogP contribution in [-0.4, -0.2) is 168 Å². The van der Waals surface area contributed by atoms with E-state index in [1.165, 1.54) is 6.07 Å². The molecule has 0 bridgehead atoms. The van der Waals surface area contributed by atoms with Crippen molar-refractivity contribution in [1.82, 2.24) is 20.7 Å². The van der Waals surface area contributed by atoms with Crippen molar-refractivity contribution in [2.45, 2.75) is 194 Å². The van der Waals surface area contributed by atoms with Crippen LogP contribution in [0, 0.1) is 45.4 Å². The second-order valence-electron chi connectivity index (χ2n) is 30.0. The number of nitrogen functional groups attached to an aromatic ring is 1. The number of aliphatic carboxylic acids is 2. The van der Waals surface area contributed by atoms with E-state index >= 15 is 0 Å². The number of guanidine groups is 1. The van der Waals surface area contributed by atoms with Gasteiger partial charge in [0.1, 0.15) is 40.5 Å². The molecule has 31 nitrogen and oxygen atoms in total. The molecule has 7 rings (SSSR count). The minimum atomic E-state index is -4.15. The van der Waals surface area contributed by atoms with Crippen LogP contribution in [-0.2, 0) is 73.6 Å². The smallest absolute Gasteiger partial charge is 0.407 e. The summed E-state index contributed by atoms with van der Waals surface area (Å²) < 4.78 is 72.8. The molecule has 3 unspecified atom stereocenters. The minimum absolute atomic E-state index is 0.00365. The van der Waals surface area contributed by atoms with E-state index in [1.54, 1.807) is 67.5 Å². The molecule has 2 heterocycles. The van der Waals surface area contributed by atoms with E-state index in [0.717, 1.165) is 44.3 Å². The Morgan fingerprint density at radius 1 is 0.670 bits per heavy atom. The number of fused-ring (bicyclic) bond motifs is 5. The number of nitrogens with one attached hydrogen (secondary N) is 4. The van der Waals surface area contributed by atoms with Gasteiger partial charge in [-0.1, -0.05) is 66.5 Å². The Kier molecular flexibility index (Phi) is 37.0. The van der Waals surface area contributed by atoms with Gasteiger partial charge in [-0.2, -0.15) is 0 Å². The Morgan fingerprint density at radius 2 is 1.21 bits per heavy atom. The van der Waals surface area contributed by atoms with E-state index in [0.29, 0.717) is 86.4 Å². The number of amides is 3. The predicted molar refractivity (Wildman–Crippen MR) is 421 cm³/mol. The number of carbonyl (C=O) groups is 8. The molecular weight excluding hydrogens is 1470 g/mol. The molecule has 5 aromatic rings. The molecular formula is C80H112N10O21S. The summed E-state index contributed by atoms with van der Waals surface area (Å²) in [5.74, 6) is -6.53. The lowest BCUT2D eigenvalue weighted by Crippen LogP contribution is -2.38. The number of rotatable bonds is 41. The van der Waals surface area contributed by atoms with Crippen LogP contribution < -0.4 is 42.5 Å². The van der Waals surface area contributed by atoms with Crippen molar-refractivity contribution in [3.05, 3.63) is 133 Å². The number of nitrogens with two attached hydrogens (primary N) is 2. The lowest BCUT2D eigenvalue weighted by atomic mass is 9.94. The van der Waals surface area contributed by atoms with Crippen LogP contribution in [0.5, 0.6) is 5.75 Å². The van der Waals surface area contributed by atoms with Crippen molar-refractivity contribution >= 4 is 80.2 Å². The van der Waals surface area contributed by atoms with E-state index in [2.05, 4.69) is 47.8 Å². The number of azide groups is 1. The zero-order chi connectivity index (χ0) is 82.9. The van der Waals surface area contributed by atoms with Crippen LogP contribution in [0.2, 0.25) is 0 Å². The van der Waals surface area contributed by atoms with Crippen LogP contribution in [0.25, 0.3) is 32.5 Å². The Balaban J connectivity index is 0.000000388. The van der Waals surface area contributed by atoms with Gasteiger partial charge in [-0.05, 0) is 184 Å². The standard InChI is InChI=1S/C43H70N8O13S.C27H33NO6.C10H9NO2/c1-28-29(2)37(30(3)35-26-43(7,8)63-36(28)35)65(58,59)50-40(44)46-16-11-13-31(24-33(52)14-18-60-20-22-62-23-21-61-19-17-49-51-45)38(54)48-27-34(53)25-32(39(55)56)12-9-10-15-47-41(57)64-42(4,5)6;1-27(2,3)34-26(32)28-15-9-8-10-18(25(30)31)16-24(29)33-17-23-21-13-6-4-11-19(21)20-12-5-7-14-22(20)23;1-6-4-10(12)13-9-5-7(11)2-3-8(6)9/h31-32H,9-27H2,1-8H3,(H,47,57)(H,48,54)(H,55,56)(H3,44,46,50);4-7,11-14,18,23H,8-10,15-17H2,1-3H3,(H,28,32)(H,30,31);2-5H,11H2,1H3. The first-order chi connectivity index (χ1) is 52.8. The number of unbranched alkanes of at least 4 members (excludes halogenated alkanes) is 2. The number of sulfonamides is 1. The van der Waals surface area contributed by atoms with E-state index in [1.807, 2.05) is 70.2 Å². The van der Waals surface area contributed by atoms with Gasteiger partial charge in [0.25, 0.3) is 10.0 Å². The third-order valence-electron chi connectivity index (χ3n) is 18.0. The molecule has 1 aliphatic heterocycles. The lowest BCUT2D eigenvalue weighted by molar-refractivity contribution is -0.152. The Bertz CT molecular complexity index is 4270. The summed E-state index contributed by atoms with van der Waals surface area (Å²) in [6, 6.07) is 22.9. The van der Waals surface area contributed by atoms with Crippen LogP contribution in [0.1, 0.15) is 177 Å². The van der Waals surface area contributed by atoms with Gasteiger partial charge in [-0.15, -0.1) is 0 Å². The van der Waals surface area contributed by atoms with Gasteiger partial charge in [0, 0.05) is 97.4 Å². The number of ketones is 2. The number of esters is 1. The van der Waals surface area contributed by atoms with Gasteiger partial charge in [0.15, 0.2) is 5.78 Å². The number of carboxylic acid groups (broad SMARTS) is 2. The van der Waals surface area contributed by atoms with E-state index in [4.69, 9.17) is 54.6 Å². The Hall–Kier alpha value is -10.1. The molecule has 614 valence electrons. The number of anilines is 1. The SMILES string of the molecule is CC(C)(C)OC(=O)NCCCCC(CC(=O)OCC1c2ccccc2-c2ccccc21)C(=O)O.Cc1c(C)c(S(=O)(=O)NC(N)=NCCCC(CC(=O)CCOCCOCCOCCN=[N+]=[N-])C(=O)NCC(=O)CC(CCCCNC(=O)OC(C)(C)C)C(=O)O)c(C)c2c1OC(C)(C)C2.Cc1cc(=O)oc2cc(N)ccc12. The van der Waals surface area contributed by atoms with Crippen LogP contribution in [0.3, 0.4) is 0 Å². The summed E-state index contributed by atoms with van der Waals surface area (Å²) >= 11 is 0. The maximum atomic E-state index is 13.6. The van der Waals surface area contributed by atoms with Gasteiger partial charge in [0.2, 0.25) is 11.9 Å². The number of carbonyl (C=O) groups excluding carboxylic acids is 6. The number of aryl methyl sites for hydroxylation is 1. The first kappa shape index (κ1) is 92.5. The number of Topliss-reactive ketones (excluding diaryl/α,β-unsaturated/α-hetero) is 2. The molecule has 2 aliphatic rings. The van der Waals surface area contributed by atoms with Crippen molar-refractivity contribution in [1.29, 1.82) is 0 Å². The monoisotopic (exact) mass is 1580 g/mol. The predicted octanol–water partition coefficient (Wildman–Crippen LogP) is 11.3. The molecule has 0 spiro atoms. The summed E-state index contributed by atoms with van der Waals surface area (Å²) in [6.45, 7) is 23.6. The number of carboxylic acids is 2. The normalized spacial score (nSPS) is 13.6. The molecule has 0 saturated heterocycles. The molecule has 112 heavy (non-hydrogen) atoms. The molecule has 4 aromatic carbocycles. The van der Waals surface area contributed by atoms with Crippen molar-refractivity contribution in [2.75, 3.05) is 84.7 Å². The number of hydrogen-bond donors (Lipinski definition) is 8. The van der Waals surface area contributed by atoms with Crippen molar-refractivity contribution in [2.24, 2.45) is 33.6 Å². The number of alkyl carbamates (subject to hydrolysis) is 2. The molecule has 1 aromatic heterocycles. The number of ether oxygens (including phenoxy) is 7. The third-order valence-corrected chi connectivity index (χ3v) is 19.6. The fourth-order valence-corrected chi connectivity index (χ4v) is 14.1. The van der Waals surface area contributed by atoms with Crippen LogP contribution >= 0.6 is 0 Å². The Morgan fingerprint density at radius 3 is 1.77 bits per heavy atom. The van der Waals surface area contributed by atoms with Gasteiger partial charge < -0.3 is 75.2 Å². The molecule has 0 saturated carbocycles. The van der Waals surface area contributed by atoms with E-state index < -0.39 is 92.9 Å². The minimum Gasteiger partial charge on any atom is -0.487 e. The lowest BCUT2D eigenvalue weighted by Gasteiger charge is -2.19. The number of nitrogens with zero attached hydrogens (tertiary/aromatic N) is 4. The van der Waals surface area contributed by atoms with Gasteiger partial charge >= 0.3 is 35.7 Å². The van der Waals surface area contributed by atoms with Crippen molar-refractivity contribution in [3.63, 3.8) is 0 Å². The highest BCUT2D eigenvalue weighted by molar-refractivity contribution is 7.90. The highest BCUT2D eigenvalue weighted by atomic mass is 32.2. The quantitative estimate of drug-likeness (QED) is 0.00172. The summed E-state index contributed by atoms with van der Waals surface area (Å²) in [5, 5.41) is 31.4. The van der Waals surface area contributed by atoms with Crippen molar-refractivity contribution < 1.29 is 94.6 Å². The van der Waals surface area contributed by atoms with E-state index in [-0.39, 0.29) is 126 Å². The van der Waals surface area contributed by atoms with Crippen LogP contribution in [0.15, 0.2) is 97.0 Å². The first-order valence-corrected chi connectivity index (χ1v) is 39.0. The van der Waals surface area contributed by atoms with Gasteiger partial charge in [0.05, 0.1) is 69.3 Å². The van der Waals surface area contributed by atoms with E-state index in [9.17, 15) is 61.8 Å². The molecule has 32 heteroatoms. The maximum Gasteiger partial charge on any atom is 0.407 e. The fraction of sp³-hybridized carbons (Fsp3) is 0.550. The second kappa shape index (κ2) is 44.8. The average molecular weight is 1580 g/mol. The zero-order valence-electron chi connectivity index (χ0n) is 66.4. The fourth-order valence-electron chi connectivity index (χ4n) is 12.5. The average Bonchev–Trinajstić information content (AvgIpc) is 1.54. The van der Waals surface area contributed by atoms with Gasteiger partial charge in [-0.25, -0.2) is 27.5 Å². The summed E-state index contributed by atoms with van der Waals surface area (Å²) in [6.07, 6.45) is 1.63. The highest BCUT2D eigenvalue weighted by Gasteiger charge is 2.38. The Labute approximate surface area is 654 Å². The first-order valence-electron chi connectivity index (χ1n) is 37.5. The molecule has 10 N–H and O–H groups in total. The molecule has 3 amide bonds. The highest BCUT2D eigenvalue weighted by Crippen LogP contribution is 2.46. The number of aliphatic imine (C=N–C) groups is 1. The molecule has 3 atom stereocenters. The van der Waals surface area contributed by atoms with Crippen molar-refractivity contribution in [3.8, 4) is 16.9 Å². The topological polar surface area (TPSA) is 467 Å². The molecule has 0 fully saturated rings. The molecule has 0 radical (unpaired) electrons. The summed E-state index contributed by atoms with van der Waals surface area (Å²) in [5.41, 5.74) is 27.0. The summed E-state index contributed by atoms with van der Waals surface area (Å²) in [4.78, 5) is 117. The maximum absolute atomic E-state index is 13.6. The van der Waals surface area contributed by atoms with Crippen LogP contribution in [0.4, 0.5) is 15.3 Å². The largest absolute Gasteiger partial charge is 0.487 e. The van der Waals surface area contributed by atoms with Gasteiger partial charge in [-0.3, -0.25) is 33.8 Å². The summed E-state index contributed by atoms with van der Waals surface area (Å²) in [7, 11) is -4.15. The molecule has 1 aliphatic carbocycles. The third kappa shape index (κ3) is 31.9. The zero-order valence-corrected chi connectivity index (χ0v) is 67.2. The number of hydrogen-bond acceptors (Lipinski definition) is 22. The second-order valence-corrected chi connectivity index (χ2v) is 31.7.